The van der Waals surface area contributed by atoms with Gasteiger partial charge >= 0.3 is 0 Å². The Bertz CT molecular complexity index is 217. The molecule has 3 heteroatoms. The lowest BCUT2D eigenvalue weighted by molar-refractivity contribution is -0.146. The molecule has 0 N–H and O–H groups in total. The van der Waals surface area contributed by atoms with E-state index in [1.165, 1.54) is 0 Å². The molecule has 3 aliphatic rings. The zero-order valence-corrected chi connectivity index (χ0v) is 8.86. The predicted octanol–water partition coefficient (Wildman–Crippen LogP) is 1.56. The van der Waals surface area contributed by atoms with Gasteiger partial charge in [-0.05, 0) is 38.5 Å². The van der Waals surface area contributed by atoms with Gasteiger partial charge in [0.2, 0.25) is 0 Å². The van der Waals surface area contributed by atoms with Crippen molar-refractivity contribution in [2.45, 2.75) is 44.7 Å². The molecule has 0 radical (unpaired) electrons. The molecule has 0 bridgehead atoms. The molecule has 0 unspecified atom stereocenters. The van der Waals surface area contributed by atoms with Crippen molar-refractivity contribution in [3.8, 4) is 0 Å². The van der Waals surface area contributed by atoms with Gasteiger partial charge in [-0.2, -0.15) is 0 Å². The molecule has 0 aromatic heterocycles. The van der Waals surface area contributed by atoms with Crippen LogP contribution in [0.4, 0.5) is 0 Å². The van der Waals surface area contributed by atoms with Crippen molar-refractivity contribution in [2.24, 2.45) is 11.8 Å². The van der Waals surface area contributed by atoms with Crippen LogP contribution in [-0.4, -0.2) is 31.2 Å². The van der Waals surface area contributed by atoms with Gasteiger partial charge in [0.25, 0.3) is 0 Å². The summed E-state index contributed by atoms with van der Waals surface area (Å²) in [6, 6.07) is 0. The number of hydrogen-bond donors (Lipinski definition) is 0. The van der Waals surface area contributed by atoms with E-state index >= 15 is 0 Å². The Morgan fingerprint density at radius 1 is 0.929 bits per heavy atom. The lowest BCUT2D eigenvalue weighted by atomic mass is 9.79. The van der Waals surface area contributed by atoms with E-state index in [1.54, 1.807) is 0 Å². The molecule has 2 aliphatic heterocycles. The molecule has 3 nitrogen and oxygen atoms in total. The topological polar surface area (TPSA) is 27.7 Å². The molecule has 80 valence electrons. The molecule has 3 fully saturated rings. The minimum Gasteiger partial charge on any atom is -0.381 e. The Morgan fingerprint density at radius 3 is 1.93 bits per heavy atom. The minimum atomic E-state index is -0.366. The first kappa shape index (κ1) is 9.13. The normalized spacial score (nSPS) is 50.1. The number of fused-ring (bicyclic) bond motifs is 2. The van der Waals surface area contributed by atoms with Crippen LogP contribution in [-0.2, 0) is 14.2 Å². The van der Waals surface area contributed by atoms with Gasteiger partial charge in [0.1, 0.15) is 0 Å². The minimum absolute atomic E-state index is 0.313. The Morgan fingerprint density at radius 2 is 1.43 bits per heavy atom. The van der Waals surface area contributed by atoms with Crippen LogP contribution in [0.3, 0.4) is 0 Å². The Labute approximate surface area is 84.7 Å². The lowest BCUT2D eigenvalue weighted by Crippen LogP contribution is -2.36. The fraction of sp³-hybridized carbons (Fsp3) is 1.00. The molecule has 2 saturated heterocycles. The monoisotopic (exact) mass is 198 g/mol. The summed E-state index contributed by atoms with van der Waals surface area (Å²) >= 11 is 0. The third-order valence-electron chi connectivity index (χ3n) is 3.69. The number of hydrogen-bond acceptors (Lipinski definition) is 3. The Balaban J connectivity index is 1.74. The van der Waals surface area contributed by atoms with Crippen molar-refractivity contribution in [3.63, 3.8) is 0 Å². The van der Waals surface area contributed by atoms with Crippen LogP contribution < -0.4 is 0 Å². The highest BCUT2D eigenvalue weighted by atomic mass is 16.7. The molecule has 0 spiro atoms. The van der Waals surface area contributed by atoms with Gasteiger partial charge in [0, 0.05) is 13.2 Å². The highest BCUT2D eigenvalue weighted by Crippen LogP contribution is 2.43. The molecule has 0 aromatic rings. The van der Waals surface area contributed by atoms with Gasteiger partial charge in [0.15, 0.2) is 5.79 Å². The molecule has 2 heterocycles. The van der Waals surface area contributed by atoms with Crippen LogP contribution in [0.15, 0.2) is 0 Å². The smallest absolute Gasteiger partial charge is 0.163 e. The first-order chi connectivity index (χ1) is 6.64. The SMILES string of the molecule is CC1(C)O[C@H]2C[C@@H]3COC[C@@H]3C[C@H]2O1. The van der Waals surface area contributed by atoms with Gasteiger partial charge in [-0.1, -0.05) is 0 Å². The molecule has 4 atom stereocenters. The van der Waals surface area contributed by atoms with E-state index in [4.69, 9.17) is 14.2 Å². The fourth-order valence-corrected chi connectivity index (χ4v) is 3.07. The first-order valence-electron chi connectivity index (χ1n) is 5.57. The third kappa shape index (κ3) is 1.38. The van der Waals surface area contributed by atoms with Crippen molar-refractivity contribution in [1.82, 2.24) is 0 Å². The summed E-state index contributed by atoms with van der Waals surface area (Å²) in [5.41, 5.74) is 0. The van der Waals surface area contributed by atoms with Crippen molar-refractivity contribution in [3.05, 3.63) is 0 Å². The maximum absolute atomic E-state index is 5.88. The average Bonchev–Trinajstić information content (AvgIpc) is 2.59. The highest BCUT2D eigenvalue weighted by Gasteiger charge is 2.48. The molecule has 0 amide bonds. The van der Waals surface area contributed by atoms with Crippen LogP contribution in [0.1, 0.15) is 26.7 Å². The molecule has 1 saturated carbocycles. The average molecular weight is 198 g/mol. The van der Waals surface area contributed by atoms with E-state index in [9.17, 15) is 0 Å². The maximum Gasteiger partial charge on any atom is 0.163 e. The van der Waals surface area contributed by atoms with Crippen molar-refractivity contribution in [2.75, 3.05) is 13.2 Å². The molecule has 1 aliphatic carbocycles. The van der Waals surface area contributed by atoms with Crippen LogP contribution in [0, 0.1) is 11.8 Å². The standard InChI is InChI=1S/C11H18O3/c1-11(2)13-9-3-7-5-12-6-8(7)4-10(9)14-11/h7-10H,3-6H2,1-2H3/t7-,8+,9+,10-. The van der Waals surface area contributed by atoms with Crippen LogP contribution >= 0.6 is 0 Å². The van der Waals surface area contributed by atoms with Gasteiger partial charge in [-0.15, -0.1) is 0 Å². The van der Waals surface area contributed by atoms with E-state index < -0.39 is 0 Å². The number of ether oxygens (including phenoxy) is 3. The summed E-state index contributed by atoms with van der Waals surface area (Å²) in [6.45, 7) is 5.88. The van der Waals surface area contributed by atoms with Crippen molar-refractivity contribution >= 4 is 0 Å². The summed E-state index contributed by atoms with van der Waals surface area (Å²) in [5, 5.41) is 0. The maximum atomic E-state index is 5.88. The molecule has 14 heavy (non-hydrogen) atoms. The van der Waals surface area contributed by atoms with E-state index in [0.717, 1.165) is 26.1 Å². The van der Waals surface area contributed by atoms with E-state index in [2.05, 4.69) is 0 Å². The summed E-state index contributed by atoms with van der Waals surface area (Å²) in [5.74, 6) is 1.07. The van der Waals surface area contributed by atoms with E-state index in [-0.39, 0.29) is 5.79 Å². The lowest BCUT2D eigenvalue weighted by Gasteiger charge is -2.30. The molecule has 3 rings (SSSR count). The zero-order valence-electron chi connectivity index (χ0n) is 8.86. The second-order valence-electron chi connectivity index (χ2n) is 5.24. The second-order valence-corrected chi connectivity index (χ2v) is 5.24. The second kappa shape index (κ2) is 2.94. The summed E-state index contributed by atoms with van der Waals surface area (Å²) in [7, 11) is 0. The van der Waals surface area contributed by atoms with E-state index in [0.29, 0.717) is 24.0 Å². The quantitative estimate of drug-likeness (QED) is 0.591. The fourth-order valence-electron chi connectivity index (χ4n) is 3.07. The van der Waals surface area contributed by atoms with Gasteiger partial charge in [-0.25, -0.2) is 0 Å². The van der Waals surface area contributed by atoms with Crippen LogP contribution in [0.5, 0.6) is 0 Å². The zero-order chi connectivity index (χ0) is 9.76. The molecular weight excluding hydrogens is 180 g/mol. The molecule has 0 aromatic carbocycles. The Hall–Kier alpha value is -0.120. The van der Waals surface area contributed by atoms with Crippen LogP contribution in [0.2, 0.25) is 0 Å². The van der Waals surface area contributed by atoms with Gasteiger partial charge in [-0.3, -0.25) is 0 Å². The largest absolute Gasteiger partial charge is 0.381 e. The molecular formula is C11H18O3. The highest BCUT2D eigenvalue weighted by molar-refractivity contribution is 4.93. The van der Waals surface area contributed by atoms with Gasteiger partial charge in [0.05, 0.1) is 12.2 Å². The van der Waals surface area contributed by atoms with Crippen molar-refractivity contribution < 1.29 is 14.2 Å². The summed E-state index contributed by atoms with van der Waals surface area (Å²) < 4.78 is 17.3. The third-order valence-corrected chi connectivity index (χ3v) is 3.69. The number of rotatable bonds is 0. The van der Waals surface area contributed by atoms with Crippen LogP contribution in [0.25, 0.3) is 0 Å². The first-order valence-corrected chi connectivity index (χ1v) is 5.57. The summed E-state index contributed by atoms with van der Waals surface area (Å²) in [4.78, 5) is 0. The Kier molecular flexibility index (Phi) is 1.92. The van der Waals surface area contributed by atoms with Gasteiger partial charge < -0.3 is 14.2 Å². The van der Waals surface area contributed by atoms with Crippen molar-refractivity contribution in [1.29, 1.82) is 0 Å². The van der Waals surface area contributed by atoms with E-state index in [1.807, 2.05) is 13.8 Å². The summed E-state index contributed by atoms with van der Waals surface area (Å²) in [6.07, 6.45) is 2.87. The predicted molar refractivity (Wildman–Crippen MR) is 50.9 cm³/mol.